The monoisotopic (exact) mass is 321 g/mol. The largest absolute Gasteiger partial charge is 0.381 e. The SMILES string of the molecule is Cc1nc2sccc2c(=O)n1CCNC(=O)C1CCOCC1. The van der Waals surface area contributed by atoms with Crippen LogP contribution in [0.25, 0.3) is 10.2 Å². The second kappa shape index (κ2) is 6.58. The minimum Gasteiger partial charge on any atom is -0.381 e. The van der Waals surface area contributed by atoms with Gasteiger partial charge in [-0.2, -0.15) is 0 Å². The third-order valence-electron chi connectivity index (χ3n) is 4.00. The molecule has 1 aliphatic heterocycles. The highest BCUT2D eigenvalue weighted by atomic mass is 32.1. The van der Waals surface area contributed by atoms with Crippen LogP contribution in [0.15, 0.2) is 16.2 Å². The minimum atomic E-state index is -0.0379. The molecule has 0 saturated carbocycles. The van der Waals surface area contributed by atoms with E-state index in [0.29, 0.717) is 37.5 Å². The molecule has 3 rings (SSSR count). The highest BCUT2D eigenvalue weighted by Crippen LogP contribution is 2.15. The van der Waals surface area contributed by atoms with E-state index in [0.717, 1.165) is 17.7 Å². The summed E-state index contributed by atoms with van der Waals surface area (Å²) < 4.78 is 6.88. The molecule has 0 atom stereocenters. The Hall–Kier alpha value is -1.73. The Labute approximate surface area is 132 Å². The highest BCUT2D eigenvalue weighted by Gasteiger charge is 2.21. The predicted molar refractivity (Wildman–Crippen MR) is 85.2 cm³/mol. The fourth-order valence-electron chi connectivity index (χ4n) is 2.71. The van der Waals surface area contributed by atoms with Gasteiger partial charge in [-0.3, -0.25) is 14.2 Å². The van der Waals surface area contributed by atoms with Crippen molar-refractivity contribution >= 4 is 27.5 Å². The third kappa shape index (κ3) is 3.05. The summed E-state index contributed by atoms with van der Waals surface area (Å²) in [7, 11) is 0. The van der Waals surface area contributed by atoms with Crippen LogP contribution in [0.4, 0.5) is 0 Å². The number of ether oxygens (including phenoxy) is 1. The first kappa shape index (κ1) is 15.2. The van der Waals surface area contributed by atoms with Gasteiger partial charge in [0.2, 0.25) is 5.91 Å². The molecule has 6 nitrogen and oxygen atoms in total. The number of hydrogen-bond acceptors (Lipinski definition) is 5. The van der Waals surface area contributed by atoms with Crippen LogP contribution in [0.2, 0.25) is 0 Å². The van der Waals surface area contributed by atoms with Crippen LogP contribution in [0.5, 0.6) is 0 Å². The van der Waals surface area contributed by atoms with Crippen LogP contribution < -0.4 is 10.9 Å². The molecule has 1 fully saturated rings. The number of carbonyl (C=O) groups is 1. The van der Waals surface area contributed by atoms with Crippen molar-refractivity contribution in [2.24, 2.45) is 5.92 Å². The summed E-state index contributed by atoms with van der Waals surface area (Å²) in [6.45, 7) is 4.00. The van der Waals surface area contributed by atoms with Crippen LogP contribution in [-0.2, 0) is 16.1 Å². The number of carbonyl (C=O) groups excluding carboxylic acids is 1. The molecule has 3 heterocycles. The first-order chi connectivity index (χ1) is 10.7. The summed E-state index contributed by atoms with van der Waals surface area (Å²) in [6, 6.07) is 1.80. The molecule has 118 valence electrons. The lowest BCUT2D eigenvalue weighted by Gasteiger charge is -2.21. The number of nitrogens with one attached hydrogen (secondary N) is 1. The normalized spacial score (nSPS) is 16.0. The van der Waals surface area contributed by atoms with Crippen LogP contribution >= 0.6 is 11.3 Å². The van der Waals surface area contributed by atoms with E-state index in [9.17, 15) is 9.59 Å². The van der Waals surface area contributed by atoms with Crippen molar-refractivity contribution in [3.05, 3.63) is 27.6 Å². The lowest BCUT2D eigenvalue weighted by molar-refractivity contribution is -0.127. The number of nitrogens with zero attached hydrogens (tertiary/aromatic N) is 2. The zero-order chi connectivity index (χ0) is 15.5. The fourth-order valence-corrected chi connectivity index (χ4v) is 3.51. The molecule has 1 amide bonds. The Balaban J connectivity index is 1.64. The Kier molecular flexibility index (Phi) is 4.54. The van der Waals surface area contributed by atoms with Crippen molar-refractivity contribution in [2.45, 2.75) is 26.3 Å². The van der Waals surface area contributed by atoms with Crippen LogP contribution in [0, 0.1) is 12.8 Å². The molecule has 1 saturated heterocycles. The van der Waals surface area contributed by atoms with Crippen LogP contribution in [-0.4, -0.2) is 35.2 Å². The lowest BCUT2D eigenvalue weighted by atomic mass is 9.99. The molecule has 0 bridgehead atoms. The number of amides is 1. The Morgan fingerprint density at radius 3 is 3.05 bits per heavy atom. The molecule has 2 aromatic rings. The van der Waals surface area contributed by atoms with Crippen molar-refractivity contribution in [2.75, 3.05) is 19.8 Å². The van der Waals surface area contributed by atoms with E-state index in [1.807, 2.05) is 12.3 Å². The average Bonchev–Trinajstić information content (AvgIpc) is 2.99. The number of aromatic nitrogens is 2. The van der Waals surface area contributed by atoms with Crippen molar-refractivity contribution in [3.63, 3.8) is 0 Å². The summed E-state index contributed by atoms with van der Waals surface area (Å²) >= 11 is 1.47. The summed E-state index contributed by atoms with van der Waals surface area (Å²) in [5, 5.41) is 5.43. The standard InChI is InChI=1S/C15H19N3O3S/c1-10-17-14-12(4-9-22-14)15(20)18(10)6-5-16-13(19)11-2-7-21-8-3-11/h4,9,11H,2-3,5-8H2,1H3,(H,16,19). The van der Waals surface area contributed by atoms with Crippen molar-refractivity contribution in [1.82, 2.24) is 14.9 Å². The summed E-state index contributed by atoms with van der Waals surface area (Å²) in [5.74, 6) is 0.767. The Bertz CT molecular complexity index is 731. The molecule has 0 aliphatic carbocycles. The summed E-state index contributed by atoms with van der Waals surface area (Å²) in [4.78, 5) is 29.7. The third-order valence-corrected chi connectivity index (χ3v) is 4.81. The van der Waals surface area contributed by atoms with Gasteiger partial charge in [-0.15, -0.1) is 11.3 Å². The van der Waals surface area contributed by atoms with E-state index < -0.39 is 0 Å². The Morgan fingerprint density at radius 2 is 2.27 bits per heavy atom. The van der Waals surface area contributed by atoms with Gasteiger partial charge in [0.1, 0.15) is 10.7 Å². The van der Waals surface area contributed by atoms with Crippen LogP contribution in [0.1, 0.15) is 18.7 Å². The van der Waals surface area contributed by atoms with Gasteiger partial charge in [-0.25, -0.2) is 4.98 Å². The molecule has 0 unspecified atom stereocenters. The number of thiophene rings is 1. The molecule has 22 heavy (non-hydrogen) atoms. The average molecular weight is 321 g/mol. The van der Waals surface area contributed by atoms with Crippen molar-refractivity contribution in [1.29, 1.82) is 0 Å². The predicted octanol–water partition coefficient (Wildman–Crippen LogP) is 1.31. The van der Waals surface area contributed by atoms with E-state index in [2.05, 4.69) is 10.3 Å². The van der Waals surface area contributed by atoms with Gasteiger partial charge in [0.25, 0.3) is 5.56 Å². The van der Waals surface area contributed by atoms with Gasteiger partial charge in [-0.1, -0.05) is 0 Å². The van der Waals surface area contributed by atoms with E-state index >= 15 is 0 Å². The van der Waals surface area contributed by atoms with Gasteiger partial charge >= 0.3 is 0 Å². The highest BCUT2D eigenvalue weighted by molar-refractivity contribution is 7.16. The maximum absolute atomic E-state index is 12.4. The second-order valence-electron chi connectivity index (χ2n) is 5.43. The molecule has 0 spiro atoms. The minimum absolute atomic E-state index is 0.0315. The number of hydrogen-bond donors (Lipinski definition) is 1. The van der Waals surface area contributed by atoms with E-state index in [4.69, 9.17) is 4.74 Å². The quantitative estimate of drug-likeness (QED) is 0.921. The summed E-state index contributed by atoms with van der Waals surface area (Å²) in [5.41, 5.74) is -0.0379. The van der Waals surface area contributed by atoms with Crippen molar-refractivity contribution < 1.29 is 9.53 Å². The number of fused-ring (bicyclic) bond motifs is 1. The molecule has 0 aromatic carbocycles. The molecule has 1 N–H and O–H groups in total. The summed E-state index contributed by atoms with van der Waals surface area (Å²) in [6.07, 6.45) is 1.54. The van der Waals surface area contributed by atoms with Crippen molar-refractivity contribution in [3.8, 4) is 0 Å². The van der Waals surface area contributed by atoms with E-state index in [1.165, 1.54) is 11.3 Å². The molecular formula is C15H19N3O3S. The first-order valence-corrected chi connectivity index (χ1v) is 8.35. The fraction of sp³-hybridized carbons (Fsp3) is 0.533. The zero-order valence-corrected chi connectivity index (χ0v) is 13.3. The molecule has 1 aliphatic rings. The molecule has 7 heteroatoms. The zero-order valence-electron chi connectivity index (χ0n) is 12.5. The van der Waals surface area contributed by atoms with Gasteiger partial charge < -0.3 is 10.1 Å². The first-order valence-electron chi connectivity index (χ1n) is 7.47. The topological polar surface area (TPSA) is 73.2 Å². The Morgan fingerprint density at radius 1 is 1.50 bits per heavy atom. The van der Waals surface area contributed by atoms with Gasteiger partial charge in [-0.05, 0) is 31.2 Å². The molecular weight excluding hydrogens is 302 g/mol. The van der Waals surface area contributed by atoms with Gasteiger partial charge in [0, 0.05) is 32.2 Å². The second-order valence-corrected chi connectivity index (χ2v) is 6.33. The maximum atomic E-state index is 12.4. The van der Waals surface area contributed by atoms with E-state index in [-0.39, 0.29) is 17.4 Å². The van der Waals surface area contributed by atoms with Crippen LogP contribution in [0.3, 0.4) is 0 Å². The smallest absolute Gasteiger partial charge is 0.262 e. The molecule has 2 aromatic heterocycles. The number of rotatable bonds is 4. The molecule has 0 radical (unpaired) electrons. The van der Waals surface area contributed by atoms with Gasteiger partial charge in [0.05, 0.1) is 5.39 Å². The lowest BCUT2D eigenvalue weighted by Crippen LogP contribution is -2.37. The number of aryl methyl sites for hydroxylation is 1. The van der Waals surface area contributed by atoms with E-state index in [1.54, 1.807) is 10.6 Å². The maximum Gasteiger partial charge on any atom is 0.262 e. The van der Waals surface area contributed by atoms with Gasteiger partial charge in [0.15, 0.2) is 0 Å².